The lowest BCUT2D eigenvalue weighted by Gasteiger charge is -2.26. The Labute approximate surface area is 143 Å². The lowest BCUT2D eigenvalue weighted by molar-refractivity contribution is -0.115. The summed E-state index contributed by atoms with van der Waals surface area (Å²) in [7, 11) is 0. The summed E-state index contributed by atoms with van der Waals surface area (Å²) in [5, 5.41) is 3.27. The molecular formula is C21H24N2O. The Bertz CT molecular complexity index is 718. The average Bonchev–Trinajstić information content (AvgIpc) is 2.62. The summed E-state index contributed by atoms with van der Waals surface area (Å²) < 4.78 is 0. The van der Waals surface area contributed by atoms with Crippen LogP contribution in [0.5, 0.6) is 0 Å². The molecule has 0 spiro atoms. The molecular weight excluding hydrogens is 296 g/mol. The second-order valence-electron chi connectivity index (χ2n) is 6.96. The quantitative estimate of drug-likeness (QED) is 0.928. The van der Waals surface area contributed by atoms with Gasteiger partial charge in [0.05, 0.1) is 12.1 Å². The molecule has 0 unspecified atom stereocenters. The van der Waals surface area contributed by atoms with Crippen molar-refractivity contribution in [1.29, 1.82) is 0 Å². The van der Waals surface area contributed by atoms with Crippen LogP contribution in [-0.2, 0) is 36.9 Å². The van der Waals surface area contributed by atoms with Crippen LogP contribution in [0.4, 0.5) is 5.69 Å². The summed E-state index contributed by atoms with van der Waals surface area (Å²) in [4.78, 5) is 17.6. The van der Waals surface area contributed by atoms with Gasteiger partial charge in [0.25, 0.3) is 0 Å². The SMILES string of the molecule is O=C(Cc1ccccc1)Nc1c2c(nc3c1CCCC3)CCCC2. The van der Waals surface area contributed by atoms with E-state index in [-0.39, 0.29) is 5.91 Å². The molecule has 0 aliphatic heterocycles. The van der Waals surface area contributed by atoms with Crippen LogP contribution in [0.15, 0.2) is 30.3 Å². The predicted octanol–water partition coefficient (Wildman–Crippen LogP) is 4.02. The van der Waals surface area contributed by atoms with Gasteiger partial charge >= 0.3 is 0 Å². The largest absolute Gasteiger partial charge is 0.325 e. The number of aryl methyl sites for hydroxylation is 2. The normalized spacial score (nSPS) is 16.2. The summed E-state index contributed by atoms with van der Waals surface area (Å²) in [5.41, 5.74) is 7.25. The first-order valence-corrected chi connectivity index (χ1v) is 9.18. The number of benzene rings is 1. The van der Waals surface area contributed by atoms with Gasteiger partial charge in [0.1, 0.15) is 0 Å². The zero-order chi connectivity index (χ0) is 16.4. The molecule has 0 fully saturated rings. The number of nitrogens with zero attached hydrogens (tertiary/aromatic N) is 1. The Kier molecular flexibility index (Phi) is 4.33. The minimum absolute atomic E-state index is 0.0907. The maximum absolute atomic E-state index is 12.6. The molecule has 1 amide bonds. The van der Waals surface area contributed by atoms with Crippen molar-refractivity contribution in [3.05, 3.63) is 58.4 Å². The first-order valence-electron chi connectivity index (χ1n) is 9.18. The lowest BCUT2D eigenvalue weighted by atomic mass is 9.87. The van der Waals surface area contributed by atoms with E-state index in [1.807, 2.05) is 30.3 Å². The molecule has 3 nitrogen and oxygen atoms in total. The molecule has 1 aromatic carbocycles. The second kappa shape index (κ2) is 6.76. The highest BCUT2D eigenvalue weighted by Gasteiger charge is 2.24. The molecule has 0 saturated carbocycles. The molecule has 124 valence electrons. The van der Waals surface area contributed by atoms with Gasteiger partial charge in [-0.2, -0.15) is 0 Å². The number of rotatable bonds is 3. The summed E-state index contributed by atoms with van der Waals surface area (Å²) in [5.74, 6) is 0.0907. The van der Waals surface area contributed by atoms with E-state index >= 15 is 0 Å². The highest BCUT2D eigenvalue weighted by atomic mass is 16.1. The maximum atomic E-state index is 12.6. The van der Waals surface area contributed by atoms with Crippen LogP contribution in [0.2, 0.25) is 0 Å². The molecule has 2 aromatic rings. The molecule has 1 aromatic heterocycles. The summed E-state index contributed by atoms with van der Waals surface area (Å²) in [6.07, 6.45) is 9.50. The predicted molar refractivity (Wildman–Crippen MR) is 96.3 cm³/mol. The number of carbonyl (C=O) groups excluding carboxylic acids is 1. The number of hydrogen-bond acceptors (Lipinski definition) is 2. The number of anilines is 1. The molecule has 0 saturated heterocycles. The average molecular weight is 320 g/mol. The number of carbonyl (C=O) groups is 1. The van der Waals surface area contributed by atoms with Gasteiger partial charge in [0.15, 0.2) is 0 Å². The van der Waals surface area contributed by atoms with Crippen molar-refractivity contribution in [3.63, 3.8) is 0 Å². The Morgan fingerprint density at radius 2 is 1.46 bits per heavy atom. The number of nitrogens with one attached hydrogen (secondary N) is 1. The Hall–Kier alpha value is -2.16. The number of hydrogen-bond donors (Lipinski definition) is 1. The summed E-state index contributed by atoms with van der Waals surface area (Å²) in [6.45, 7) is 0. The number of amides is 1. The zero-order valence-corrected chi connectivity index (χ0v) is 14.1. The van der Waals surface area contributed by atoms with E-state index in [0.717, 1.165) is 36.9 Å². The molecule has 1 heterocycles. The van der Waals surface area contributed by atoms with E-state index in [1.165, 1.54) is 48.2 Å². The van der Waals surface area contributed by atoms with Crippen LogP contribution in [0.25, 0.3) is 0 Å². The smallest absolute Gasteiger partial charge is 0.228 e. The van der Waals surface area contributed by atoms with Crippen LogP contribution >= 0.6 is 0 Å². The minimum Gasteiger partial charge on any atom is -0.325 e. The van der Waals surface area contributed by atoms with E-state index in [2.05, 4.69) is 5.32 Å². The maximum Gasteiger partial charge on any atom is 0.228 e. The van der Waals surface area contributed by atoms with Gasteiger partial charge in [-0.3, -0.25) is 9.78 Å². The third-order valence-corrected chi connectivity index (χ3v) is 5.22. The van der Waals surface area contributed by atoms with Crippen molar-refractivity contribution in [2.45, 2.75) is 57.8 Å². The molecule has 1 N–H and O–H groups in total. The first kappa shape index (κ1) is 15.4. The Morgan fingerprint density at radius 3 is 2.08 bits per heavy atom. The minimum atomic E-state index is 0.0907. The van der Waals surface area contributed by atoms with Crippen molar-refractivity contribution < 1.29 is 4.79 Å². The van der Waals surface area contributed by atoms with Gasteiger partial charge in [-0.25, -0.2) is 0 Å². The van der Waals surface area contributed by atoms with Crippen LogP contribution in [0, 0.1) is 0 Å². The molecule has 3 heteroatoms. The molecule has 4 rings (SSSR count). The van der Waals surface area contributed by atoms with Gasteiger partial charge in [-0.1, -0.05) is 30.3 Å². The van der Waals surface area contributed by atoms with Crippen molar-refractivity contribution in [1.82, 2.24) is 4.98 Å². The fourth-order valence-corrected chi connectivity index (χ4v) is 4.02. The molecule has 2 aliphatic carbocycles. The van der Waals surface area contributed by atoms with Crippen LogP contribution in [0.3, 0.4) is 0 Å². The molecule has 2 aliphatic rings. The van der Waals surface area contributed by atoms with Crippen LogP contribution in [0.1, 0.15) is 53.8 Å². The third-order valence-electron chi connectivity index (χ3n) is 5.22. The molecule has 0 radical (unpaired) electrons. The third kappa shape index (κ3) is 3.08. The van der Waals surface area contributed by atoms with Crippen molar-refractivity contribution in [2.24, 2.45) is 0 Å². The number of fused-ring (bicyclic) bond motifs is 2. The van der Waals surface area contributed by atoms with Gasteiger partial charge < -0.3 is 5.32 Å². The lowest BCUT2D eigenvalue weighted by Crippen LogP contribution is -2.22. The van der Waals surface area contributed by atoms with Crippen LogP contribution < -0.4 is 5.32 Å². The van der Waals surface area contributed by atoms with Gasteiger partial charge in [-0.15, -0.1) is 0 Å². The van der Waals surface area contributed by atoms with Crippen molar-refractivity contribution in [2.75, 3.05) is 5.32 Å². The monoisotopic (exact) mass is 320 g/mol. The van der Waals surface area contributed by atoms with Crippen molar-refractivity contribution >= 4 is 11.6 Å². The molecule has 0 atom stereocenters. The second-order valence-corrected chi connectivity index (χ2v) is 6.96. The van der Waals surface area contributed by atoms with Gasteiger partial charge in [-0.05, 0) is 68.1 Å². The topological polar surface area (TPSA) is 42.0 Å². The van der Waals surface area contributed by atoms with Crippen molar-refractivity contribution in [3.8, 4) is 0 Å². The van der Waals surface area contributed by atoms with E-state index in [4.69, 9.17) is 4.98 Å². The fourth-order valence-electron chi connectivity index (χ4n) is 4.02. The number of pyridine rings is 1. The highest BCUT2D eigenvalue weighted by molar-refractivity contribution is 5.94. The Balaban J connectivity index is 1.65. The summed E-state index contributed by atoms with van der Waals surface area (Å²) in [6, 6.07) is 9.97. The molecule has 24 heavy (non-hydrogen) atoms. The van der Waals surface area contributed by atoms with E-state index in [0.29, 0.717) is 6.42 Å². The van der Waals surface area contributed by atoms with Crippen LogP contribution in [-0.4, -0.2) is 10.9 Å². The van der Waals surface area contributed by atoms with Gasteiger partial charge in [0.2, 0.25) is 5.91 Å². The Morgan fingerprint density at radius 1 is 0.875 bits per heavy atom. The van der Waals surface area contributed by atoms with E-state index in [1.54, 1.807) is 0 Å². The number of aromatic nitrogens is 1. The van der Waals surface area contributed by atoms with Gasteiger partial charge in [0, 0.05) is 11.4 Å². The zero-order valence-electron chi connectivity index (χ0n) is 14.1. The summed E-state index contributed by atoms with van der Waals surface area (Å²) >= 11 is 0. The van der Waals surface area contributed by atoms with E-state index < -0.39 is 0 Å². The highest BCUT2D eigenvalue weighted by Crippen LogP contribution is 2.35. The fraction of sp³-hybridized carbons (Fsp3) is 0.429. The standard InChI is InChI=1S/C21H24N2O/c24-20(14-15-8-2-1-3-9-15)23-21-16-10-4-6-12-18(16)22-19-13-7-5-11-17(19)21/h1-3,8-9H,4-7,10-14H2,(H,22,23,24). The molecule has 0 bridgehead atoms. The first-order chi connectivity index (χ1) is 11.8. The van der Waals surface area contributed by atoms with E-state index in [9.17, 15) is 4.79 Å².